The second kappa shape index (κ2) is 8.44. The fraction of sp³-hybridized carbons (Fsp3) is 0.500. The lowest BCUT2D eigenvalue weighted by atomic mass is 9.75. The summed E-state index contributed by atoms with van der Waals surface area (Å²) >= 11 is 0. The Morgan fingerprint density at radius 2 is 1.90 bits per heavy atom. The third-order valence-corrected chi connectivity index (χ3v) is 6.10. The number of dihydropyridines is 1. The van der Waals surface area contributed by atoms with Crippen LogP contribution in [0.3, 0.4) is 0 Å². The first-order valence-electron chi connectivity index (χ1n) is 10.8. The minimum atomic E-state index is -0.448. The van der Waals surface area contributed by atoms with Crippen molar-refractivity contribution in [1.82, 2.24) is 5.32 Å². The molecule has 1 aromatic rings. The summed E-state index contributed by atoms with van der Waals surface area (Å²) in [5, 5.41) is 3.35. The maximum atomic E-state index is 13.3. The van der Waals surface area contributed by atoms with E-state index < -0.39 is 5.92 Å². The van der Waals surface area contributed by atoms with Crippen molar-refractivity contribution in [1.29, 1.82) is 0 Å². The molecule has 154 valence electrons. The fourth-order valence-corrected chi connectivity index (χ4v) is 4.79. The molecule has 1 heterocycles. The van der Waals surface area contributed by atoms with Crippen LogP contribution in [0.25, 0.3) is 0 Å². The summed E-state index contributed by atoms with van der Waals surface area (Å²) in [7, 11) is 0. The van der Waals surface area contributed by atoms with E-state index in [1.165, 1.54) is 0 Å². The van der Waals surface area contributed by atoms with E-state index in [0.717, 1.165) is 55.5 Å². The summed E-state index contributed by atoms with van der Waals surface area (Å²) in [6.07, 6.45) is 6.16. The zero-order valence-electron chi connectivity index (χ0n) is 17.3. The van der Waals surface area contributed by atoms with Gasteiger partial charge in [-0.3, -0.25) is 4.79 Å². The third-order valence-electron chi connectivity index (χ3n) is 6.10. The van der Waals surface area contributed by atoms with Gasteiger partial charge in [-0.15, -0.1) is 0 Å². The lowest BCUT2D eigenvalue weighted by Crippen LogP contribution is -2.35. The Balaban J connectivity index is 1.80. The first kappa shape index (κ1) is 19.7. The van der Waals surface area contributed by atoms with Gasteiger partial charge in [0.25, 0.3) is 0 Å². The van der Waals surface area contributed by atoms with Crippen molar-refractivity contribution < 1.29 is 19.1 Å². The smallest absolute Gasteiger partial charge is 0.337 e. The lowest BCUT2D eigenvalue weighted by molar-refractivity contribution is -0.144. The van der Waals surface area contributed by atoms with E-state index in [0.29, 0.717) is 29.9 Å². The van der Waals surface area contributed by atoms with E-state index in [1.807, 2.05) is 38.1 Å². The number of allylic oxidation sites excluding steroid dienone is 3. The number of esters is 1. The molecule has 1 saturated carbocycles. The third kappa shape index (κ3) is 3.83. The zero-order chi connectivity index (χ0) is 20.4. The average Bonchev–Trinajstić information content (AvgIpc) is 3.21. The monoisotopic (exact) mass is 395 g/mol. The molecule has 5 heteroatoms. The maximum Gasteiger partial charge on any atom is 0.337 e. The van der Waals surface area contributed by atoms with E-state index in [2.05, 4.69) is 5.32 Å². The van der Waals surface area contributed by atoms with E-state index >= 15 is 0 Å². The molecule has 4 rings (SSSR count). The Morgan fingerprint density at radius 1 is 1.14 bits per heavy atom. The van der Waals surface area contributed by atoms with E-state index in [4.69, 9.17) is 9.47 Å². The molecular formula is C24H29NO4. The SMILES string of the molecule is CCOc1ccccc1[C@H]1C(C(=O)OC2CCCC2)=C(C)NC2=C1C(=O)CCC2. The molecule has 1 fully saturated rings. The van der Waals surface area contributed by atoms with Gasteiger partial charge in [-0.1, -0.05) is 18.2 Å². The van der Waals surface area contributed by atoms with Gasteiger partial charge in [0.05, 0.1) is 18.1 Å². The molecule has 0 saturated heterocycles. The number of Topliss-reactive ketones (excluding diaryl/α,β-unsaturated/α-hetero) is 1. The van der Waals surface area contributed by atoms with Crippen molar-refractivity contribution in [2.45, 2.75) is 70.8 Å². The predicted molar refractivity (Wildman–Crippen MR) is 110 cm³/mol. The van der Waals surface area contributed by atoms with Crippen LogP contribution in [0.5, 0.6) is 5.75 Å². The first-order chi connectivity index (χ1) is 14.1. The quantitative estimate of drug-likeness (QED) is 0.742. The largest absolute Gasteiger partial charge is 0.494 e. The molecule has 0 spiro atoms. The topological polar surface area (TPSA) is 64.6 Å². The normalized spacial score (nSPS) is 22.4. The predicted octanol–water partition coefficient (Wildman–Crippen LogP) is 4.54. The average molecular weight is 395 g/mol. The Morgan fingerprint density at radius 3 is 2.66 bits per heavy atom. The number of nitrogens with one attached hydrogen (secondary N) is 1. The summed E-state index contributed by atoms with van der Waals surface area (Å²) in [6, 6.07) is 7.72. The number of benzene rings is 1. The molecule has 0 unspecified atom stereocenters. The van der Waals surface area contributed by atoms with Gasteiger partial charge >= 0.3 is 5.97 Å². The van der Waals surface area contributed by atoms with Crippen LogP contribution in [0.1, 0.15) is 70.3 Å². The number of rotatable bonds is 5. The Hall–Kier alpha value is -2.56. The highest BCUT2D eigenvalue weighted by molar-refractivity contribution is 6.04. The van der Waals surface area contributed by atoms with Crippen molar-refractivity contribution >= 4 is 11.8 Å². The molecule has 0 bridgehead atoms. The van der Waals surface area contributed by atoms with Crippen molar-refractivity contribution in [3.8, 4) is 5.75 Å². The summed E-state index contributed by atoms with van der Waals surface area (Å²) in [5.41, 5.74) is 3.81. The second-order valence-corrected chi connectivity index (χ2v) is 8.05. The van der Waals surface area contributed by atoms with Gasteiger partial charge in [-0.2, -0.15) is 0 Å². The molecule has 1 aliphatic heterocycles. The van der Waals surface area contributed by atoms with Gasteiger partial charge in [0.1, 0.15) is 11.9 Å². The van der Waals surface area contributed by atoms with Crippen LogP contribution in [-0.4, -0.2) is 24.5 Å². The molecule has 2 aliphatic carbocycles. The van der Waals surface area contributed by atoms with Gasteiger partial charge in [0.15, 0.2) is 5.78 Å². The van der Waals surface area contributed by atoms with Crippen molar-refractivity contribution in [3.63, 3.8) is 0 Å². The number of ether oxygens (including phenoxy) is 2. The van der Waals surface area contributed by atoms with Crippen LogP contribution in [0.4, 0.5) is 0 Å². The molecular weight excluding hydrogens is 366 g/mol. The lowest BCUT2D eigenvalue weighted by Gasteiger charge is -2.35. The molecule has 29 heavy (non-hydrogen) atoms. The van der Waals surface area contributed by atoms with Crippen molar-refractivity contribution in [3.05, 3.63) is 52.4 Å². The zero-order valence-corrected chi connectivity index (χ0v) is 17.3. The summed E-state index contributed by atoms with van der Waals surface area (Å²) in [5.74, 6) is 0.0543. The second-order valence-electron chi connectivity index (χ2n) is 8.05. The van der Waals surface area contributed by atoms with E-state index in [9.17, 15) is 9.59 Å². The Kier molecular flexibility index (Phi) is 5.74. The van der Waals surface area contributed by atoms with Crippen molar-refractivity contribution in [2.24, 2.45) is 0 Å². The molecule has 0 amide bonds. The number of hydrogen-bond donors (Lipinski definition) is 1. The molecule has 0 radical (unpaired) electrons. The molecule has 1 aromatic carbocycles. The highest BCUT2D eigenvalue weighted by Gasteiger charge is 2.40. The number of para-hydroxylation sites is 1. The van der Waals surface area contributed by atoms with Crippen molar-refractivity contribution in [2.75, 3.05) is 6.61 Å². The van der Waals surface area contributed by atoms with Crippen LogP contribution in [0.2, 0.25) is 0 Å². The van der Waals surface area contributed by atoms with Gasteiger partial charge < -0.3 is 14.8 Å². The number of hydrogen-bond acceptors (Lipinski definition) is 5. The van der Waals surface area contributed by atoms with Gasteiger partial charge in [0, 0.05) is 29.0 Å². The molecule has 3 aliphatic rings. The fourth-order valence-electron chi connectivity index (χ4n) is 4.79. The highest BCUT2D eigenvalue weighted by Crippen LogP contribution is 2.45. The van der Waals surface area contributed by atoms with Crippen LogP contribution < -0.4 is 10.1 Å². The minimum Gasteiger partial charge on any atom is -0.494 e. The summed E-state index contributed by atoms with van der Waals surface area (Å²) in [6.45, 7) is 4.36. The minimum absolute atomic E-state index is 0.0250. The number of ketones is 1. The van der Waals surface area contributed by atoms with E-state index in [1.54, 1.807) is 0 Å². The van der Waals surface area contributed by atoms with Gasteiger partial charge in [-0.05, 0) is 58.4 Å². The standard InChI is InChI=1S/C24H29NO4/c1-3-28-20-14-7-6-11-17(20)22-21(24(27)29-16-9-4-5-10-16)15(2)25-18-12-8-13-19(26)23(18)22/h6-7,11,14,16,22,25H,3-5,8-10,12-13H2,1-2H3/t22-/m0/s1. The summed E-state index contributed by atoms with van der Waals surface area (Å²) in [4.78, 5) is 26.3. The van der Waals surface area contributed by atoms with Gasteiger partial charge in [-0.25, -0.2) is 4.79 Å². The Bertz CT molecular complexity index is 877. The molecule has 1 N–H and O–H groups in total. The van der Waals surface area contributed by atoms with Crippen LogP contribution >= 0.6 is 0 Å². The highest BCUT2D eigenvalue weighted by atomic mass is 16.5. The van der Waals surface area contributed by atoms with Gasteiger partial charge in [0.2, 0.25) is 0 Å². The molecule has 5 nitrogen and oxygen atoms in total. The molecule has 1 atom stereocenters. The first-order valence-corrected chi connectivity index (χ1v) is 10.8. The van der Waals surface area contributed by atoms with E-state index in [-0.39, 0.29) is 17.9 Å². The Labute approximate surface area is 172 Å². The summed E-state index contributed by atoms with van der Waals surface area (Å²) < 4.78 is 11.7. The van der Waals surface area contributed by atoms with Crippen LogP contribution in [0.15, 0.2) is 46.8 Å². The van der Waals surface area contributed by atoms with Crippen LogP contribution in [0, 0.1) is 0 Å². The number of carbonyl (C=O) groups is 2. The molecule has 0 aromatic heterocycles. The maximum absolute atomic E-state index is 13.3. The van der Waals surface area contributed by atoms with Crippen LogP contribution in [-0.2, 0) is 14.3 Å². The number of carbonyl (C=O) groups excluding carboxylic acids is 2.